The van der Waals surface area contributed by atoms with Crippen molar-refractivity contribution in [2.45, 2.75) is 26.2 Å². The van der Waals surface area contributed by atoms with Gasteiger partial charge >= 0.3 is 5.97 Å². The Bertz CT molecular complexity index is 687. The molecule has 1 aliphatic rings. The predicted octanol–water partition coefficient (Wildman–Crippen LogP) is 2.69. The van der Waals surface area contributed by atoms with Crippen molar-refractivity contribution in [3.05, 3.63) is 36.1 Å². The molecule has 116 valence electrons. The van der Waals surface area contributed by atoms with Crippen molar-refractivity contribution in [1.82, 2.24) is 4.90 Å². The molecule has 22 heavy (non-hydrogen) atoms. The second-order valence-corrected chi connectivity index (χ2v) is 6.18. The van der Waals surface area contributed by atoms with Gasteiger partial charge in [0.2, 0.25) is 5.91 Å². The van der Waals surface area contributed by atoms with Gasteiger partial charge in [-0.2, -0.15) is 0 Å². The Labute approximate surface area is 128 Å². The number of likely N-dealkylation sites (tertiary alicyclic amines) is 1. The van der Waals surface area contributed by atoms with Crippen LogP contribution in [0.25, 0.3) is 11.0 Å². The van der Waals surface area contributed by atoms with E-state index in [1.54, 1.807) is 11.8 Å². The summed E-state index contributed by atoms with van der Waals surface area (Å²) in [5.74, 6) is -0.0553. The van der Waals surface area contributed by atoms with Crippen LogP contribution in [0.1, 0.15) is 25.5 Å². The summed E-state index contributed by atoms with van der Waals surface area (Å²) in [6, 6.07) is 9.69. The van der Waals surface area contributed by atoms with Crippen LogP contribution in [0.5, 0.6) is 0 Å². The number of para-hydroxylation sites is 1. The summed E-state index contributed by atoms with van der Waals surface area (Å²) in [5.41, 5.74) is 0.0132. The summed E-state index contributed by atoms with van der Waals surface area (Å²) in [6.07, 6.45) is 1.39. The van der Waals surface area contributed by atoms with E-state index in [1.165, 1.54) is 0 Å². The van der Waals surface area contributed by atoms with E-state index in [9.17, 15) is 14.7 Å². The van der Waals surface area contributed by atoms with Gasteiger partial charge in [0.25, 0.3) is 0 Å². The van der Waals surface area contributed by atoms with Crippen molar-refractivity contribution in [3.63, 3.8) is 0 Å². The molecular formula is C17H19NO4. The van der Waals surface area contributed by atoms with Crippen LogP contribution in [-0.2, 0) is 16.0 Å². The highest BCUT2D eigenvalue weighted by Gasteiger charge is 2.41. The minimum atomic E-state index is -0.833. The van der Waals surface area contributed by atoms with Crippen molar-refractivity contribution in [1.29, 1.82) is 0 Å². The Balaban J connectivity index is 1.60. The zero-order chi connectivity index (χ0) is 15.7. The highest BCUT2D eigenvalue weighted by Crippen LogP contribution is 2.30. The average molecular weight is 301 g/mol. The third-order valence-electron chi connectivity index (χ3n) is 4.40. The summed E-state index contributed by atoms with van der Waals surface area (Å²) < 4.78 is 5.70. The molecule has 2 aromatic rings. The molecule has 0 spiro atoms. The van der Waals surface area contributed by atoms with E-state index in [0.29, 0.717) is 32.4 Å². The topological polar surface area (TPSA) is 70.8 Å². The zero-order valence-electron chi connectivity index (χ0n) is 12.5. The highest BCUT2D eigenvalue weighted by atomic mass is 16.4. The second-order valence-electron chi connectivity index (χ2n) is 6.18. The number of nitrogens with zero attached hydrogens (tertiary/aromatic N) is 1. The zero-order valence-corrected chi connectivity index (χ0v) is 12.5. The van der Waals surface area contributed by atoms with Crippen LogP contribution >= 0.6 is 0 Å². The maximum absolute atomic E-state index is 12.2. The van der Waals surface area contributed by atoms with Crippen LogP contribution in [0, 0.1) is 5.41 Å². The minimum absolute atomic E-state index is 0.00886. The van der Waals surface area contributed by atoms with Gasteiger partial charge in [-0.05, 0) is 25.5 Å². The van der Waals surface area contributed by atoms with Gasteiger partial charge in [-0.3, -0.25) is 9.59 Å². The monoisotopic (exact) mass is 301 g/mol. The Kier molecular flexibility index (Phi) is 3.64. The number of benzene rings is 1. The predicted molar refractivity (Wildman–Crippen MR) is 81.5 cm³/mol. The first kappa shape index (κ1) is 14.6. The molecule has 1 aromatic carbocycles. The van der Waals surface area contributed by atoms with E-state index in [1.807, 2.05) is 30.3 Å². The molecule has 0 saturated carbocycles. The van der Waals surface area contributed by atoms with E-state index in [4.69, 9.17) is 4.42 Å². The number of furan rings is 1. The van der Waals surface area contributed by atoms with Crippen molar-refractivity contribution >= 4 is 22.8 Å². The fraction of sp³-hybridized carbons (Fsp3) is 0.412. The molecule has 1 aliphatic heterocycles. The Morgan fingerprint density at radius 2 is 2.14 bits per heavy atom. The Hall–Kier alpha value is -2.30. The third kappa shape index (κ3) is 2.71. The van der Waals surface area contributed by atoms with Crippen LogP contribution in [-0.4, -0.2) is 35.0 Å². The van der Waals surface area contributed by atoms with Crippen LogP contribution in [0.4, 0.5) is 0 Å². The number of aryl methyl sites for hydroxylation is 1. The molecular weight excluding hydrogens is 282 g/mol. The summed E-state index contributed by atoms with van der Waals surface area (Å²) in [5, 5.41) is 10.2. The number of carbonyl (C=O) groups is 2. The fourth-order valence-corrected chi connectivity index (χ4v) is 2.90. The molecule has 3 rings (SSSR count). The van der Waals surface area contributed by atoms with Gasteiger partial charge in [-0.25, -0.2) is 0 Å². The molecule has 1 atom stereocenters. The molecule has 0 aliphatic carbocycles. The maximum atomic E-state index is 12.2. The largest absolute Gasteiger partial charge is 0.481 e. The van der Waals surface area contributed by atoms with E-state index in [-0.39, 0.29) is 5.91 Å². The van der Waals surface area contributed by atoms with Gasteiger partial charge in [0.15, 0.2) is 0 Å². The summed E-state index contributed by atoms with van der Waals surface area (Å²) >= 11 is 0. The molecule has 0 bridgehead atoms. The second kappa shape index (κ2) is 5.48. The number of carbonyl (C=O) groups excluding carboxylic acids is 1. The molecule has 1 saturated heterocycles. The molecule has 1 unspecified atom stereocenters. The van der Waals surface area contributed by atoms with E-state index < -0.39 is 11.4 Å². The molecule has 2 heterocycles. The molecule has 1 aromatic heterocycles. The number of aliphatic carboxylic acids is 1. The number of fused-ring (bicyclic) bond motifs is 1. The average Bonchev–Trinajstić information content (AvgIpc) is 3.09. The van der Waals surface area contributed by atoms with Crippen molar-refractivity contribution in [3.8, 4) is 0 Å². The maximum Gasteiger partial charge on any atom is 0.311 e. The number of carboxylic acid groups (broad SMARTS) is 1. The minimum Gasteiger partial charge on any atom is -0.481 e. The molecule has 5 heteroatoms. The van der Waals surface area contributed by atoms with Crippen molar-refractivity contribution in [2.24, 2.45) is 5.41 Å². The van der Waals surface area contributed by atoms with Gasteiger partial charge in [-0.15, -0.1) is 0 Å². The van der Waals surface area contributed by atoms with Gasteiger partial charge in [0.05, 0.1) is 5.41 Å². The van der Waals surface area contributed by atoms with E-state index >= 15 is 0 Å². The lowest BCUT2D eigenvalue weighted by Gasteiger charge is -2.20. The Morgan fingerprint density at radius 1 is 1.36 bits per heavy atom. The lowest BCUT2D eigenvalue weighted by molar-refractivity contribution is -0.147. The SMILES string of the molecule is CC1(C(=O)O)CCN(C(=O)CCc2cc3ccccc3o2)C1. The molecule has 1 fully saturated rings. The van der Waals surface area contributed by atoms with Gasteiger partial charge in [0, 0.05) is 31.3 Å². The van der Waals surface area contributed by atoms with Gasteiger partial charge < -0.3 is 14.4 Å². The summed E-state index contributed by atoms with van der Waals surface area (Å²) in [7, 11) is 0. The van der Waals surface area contributed by atoms with Crippen LogP contribution in [0.15, 0.2) is 34.7 Å². The number of rotatable bonds is 4. The molecule has 1 amide bonds. The number of hydrogen-bond acceptors (Lipinski definition) is 3. The summed E-state index contributed by atoms with van der Waals surface area (Å²) in [4.78, 5) is 25.1. The first-order valence-electron chi connectivity index (χ1n) is 7.47. The third-order valence-corrected chi connectivity index (χ3v) is 4.40. The van der Waals surface area contributed by atoms with Gasteiger partial charge in [-0.1, -0.05) is 18.2 Å². The molecule has 0 radical (unpaired) electrons. The van der Waals surface area contributed by atoms with E-state index in [2.05, 4.69) is 0 Å². The van der Waals surface area contributed by atoms with E-state index in [0.717, 1.165) is 16.7 Å². The van der Waals surface area contributed by atoms with Crippen LogP contribution in [0.2, 0.25) is 0 Å². The smallest absolute Gasteiger partial charge is 0.311 e. The number of amides is 1. The standard InChI is InChI=1S/C17H19NO4/c1-17(16(20)21)8-9-18(11-17)15(19)7-6-13-10-12-4-2-3-5-14(12)22-13/h2-5,10H,6-9,11H2,1H3,(H,20,21). The highest BCUT2D eigenvalue weighted by molar-refractivity contribution is 5.81. The quantitative estimate of drug-likeness (QED) is 0.942. The van der Waals surface area contributed by atoms with Crippen LogP contribution < -0.4 is 0 Å². The van der Waals surface area contributed by atoms with Crippen molar-refractivity contribution < 1.29 is 19.1 Å². The first-order valence-corrected chi connectivity index (χ1v) is 7.47. The normalized spacial score (nSPS) is 21.4. The summed E-state index contributed by atoms with van der Waals surface area (Å²) in [6.45, 7) is 2.50. The number of hydrogen-bond donors (Lipinski definition) is 1. The molecule has 1 N–H and O–H groups in total. The number of carboxylic acids is 1. The van der Waals surface area contributed by atoms with Crippen molar-refractivity contribution in [2.75, 3.05) is 13.1 Å². The Morgan fingerprint density at radius 3 is 2.82 bits per heavy atom. The van der Waals surface area contributed by atoms with Crippen LogP contribution in [0.3, 0.4) is 0 Å². The first-order chi connectivity index (χ1) is 10.5. The lowest BCUT2D eigenvalue weighted by atomic mass is 9.90. The van der Waals surface area contributed by atoms with Gasteiger partial charge in [0.1, 0.15) is 11.3 Å². The lowest BCUT2D eigenvalue weighted by Crippen LogP contribution is -2.34. The fourth-order valence-electron chi connectivity index (χ4n) is 2.90. The molecule has 5 nitrogen and oxygen atoms in total.